The van der Waals surface area contributed by atoms with Gasteiger partial charge in [-0.05, 0) is 80.4 Å². The number of ether oxygens (including phenoxy) is 1. The Kier molecular flexibility index (Phi) is 7.63. The molecule has 22 heavy (non-hydrogen) atoms. The minimum atomic E-state index is -0.428. The molecule has 0 spiro atoms. The number of hydrogen-bond acceptors (Lipinski definition) is 4. The molecule has 1 rings (SSSR count). The first-order valence-electron chi connectivity index (χ1n) is 8.60. The van der Waals surface area contributed by atoms with Gasteiger partial charge in [0.15, 0.2) is 0 Å². The first-order chi connectivity index (χ1) is 10.2. The van der Waals surface area contributed by atoms with Gasteiger partial charge in [0.25, 0.3) is 0 Å². The summed E-state index contributed by atoms with van der Waals surface area (Å²) in [6.07, 6.45) is 4.02. The van der Waals surface area contributed by atoms with Crippen molar-refractivity contribution in [3.8, 4) is 0 Å². The van der Waals surface area contributed by atoms with Crippen molar-refractivity contribution in [2.45, 2.75) is 84.0 Å². The van der Waals surface area contributed by atoms with E-state index in [1.165, 1.54) is 0 Å². The second-order valence-electron chi connectivity index (χ2n) is 7.74. The molecule has 5 heteroatoms. The highest BCUT2D eigenvalue weighted by atomic mass is 16.6. The van der Waals surface area contributed by atoms with Crippen molar-refractivity contribution in [1.29, 1.82) is 0 Å². The molecule has 0 aliphatic heterocycles. The van der Waals surface area contributed by atoms with E-state index in [9.17, 15) is 4.79 Å². The van der Waals surface area contributed by atoms with Crippen LogP contribution in [0.4, 0.5) is 4.79 Å². The Bertz CT molecular complexity index is 339. The average Bonchev–Trinajstić information content (AvgIpc) is 2.79. The van der Waals surface area contributed by atoms with Gasteiger partial charge in [0.2, 0.25) is 0 Å². The van der Waals surface area contributed by atoms with Gasteiger partial charge < -0.3 is 20.3 Å². The van der Waals surface area contributed by atoms with Crippen molar-refractivity contribution < 1.29 is 9.53 Å². The summed E-state index contributed by atoms with van der Waals surface area (Å²) in [5, 5.41) is 6.59. The standard InChI is InChI=1S/C17H35N3O2/c1-13(2)20(6)11-7-10-18-14-8-9-15(12-14)19-16(21)22-17(3,4)5/h13-15,18H,7-12H2,1-6H3,(H,19,21). The van der Waals surface area contributed by atoms with Crippen molar-refractivity contribution in [3.63, 3.8) is 0 Å². The Morgan fingerprint density at radius 3 is 2.50 bits per heavy atom. The van der Waals surface area contributed by atoms with E-state index in [2.05, 4.69) is 36.4 Å². The van der Waals surface area contributed by atoms with Crippen molar-refractivity contribution in [2.75, 3.05) is 20.1 Å². The van der Waals surface area contributed by atoms with Crippen LogP contribution in [0.1, 0.15) is 60.3 Å². The number of alkyl carbamates (subject to hydrolysis) is 1. The van der Waals surface area contributed by atoms with Gasteiger partial charge in [-0.1, -0.05) is 0 Å². The van der Waals surface area contributed by atoms with Crippen LogP contribution in [0.3, 0.4) is 0 Å². The van der Waals surface area contributed by atoms with Crippen LogP contribution in [-0.4, -0.2) is 54.9 Å². The highest BCUT2D eigenvalue weighted by molar-refractivity contribution is 5.68. The SMILES string of the molecule is CC(C)N(C)CCCNC1CCC(NC(=O)OC(C)(C)C)C1. The molecule has 1 aliphatic rings. The third-order valence-electron chi connectivity index (χ3n) is 4.16. The summed E-state index contributed by atoms with van der Waals surface area (Å²) in [6.45, 7) is 12.3. The van der Waals surface area contributed by atoms with Crippen LogP contribution >= 0.6 is 0 Å². The van der Waals surface area contributed by atoms with Gasteiger partial charge in [0, 0.05) is 18.1 Å². The Hall–Kier alpha value is -0.810. The predicted octanol–water partition coefficient (Wildman–Crippen LogP) is 2.75. The van der Waals surface area contributed by atoms with Crippen LogP contribution in [0.2, 0.25) is 0 Å². The van der Waals surface area contributed by atoms with E-state index in [-0.39, 0.29) is 12.1 Å². The zero-order valence-electron chi connectivity index (χ0n) is 15.2. The molecule has 1 fully saturated rings. The van der Waals surface area contributed by atoms with Crippen LogP contribution in [0.25, 0.3) is 0 Å². The Morgan fingerprint density at radius 2 is 1.91 bits per heavy atom. The first kappa shape index (κ1) is 19.2. The molecular weight excluding hydrogens is 278 g/mol. The Morgan fingerprint density at radius 1 is 1.27 bits per heavy atom. The van der Waals surface area contributed by atoms with E-state index < -0.39 is 5.60 Å². The number of carbonyl (C=O) groups excluding carboxylic acids is 1. The van der Waals surface area contributed by atoms with Gasteiger partial charge >= 0.3 is 6.09 Å². The quantitative estimate of drug-likeness (QED) is 0.710. The molecule has 1 saturated carbocycles. The molecule has 0 aromatic heterocycles. The summed E-state index contributed by atoms with van der Waals surface area (Å²) in [6, 6.07) is 1.36. The van der Waals surface area contributed by atoms with Crippen LogP contribution in [-0.2, 0) is 4.74 Å². The molecule has 0 saturated heterocycles. The molecule has 0 heterocycles. The van der Waals surface area contributed by atoms with Gasteiger partial charge in [-0.15, -0.1) is 0 Å². The van der Waals surface area contributed by atoms with Crippen LogP contribution in [0, 0.1) is 0 Å². The van der Waals surface area contributed by atoms with Crippen molar-refractivity contribution >= 4 is 6.09 Å². The summed E-state index contributed by atoms with van der Waals surface area (Å²) in [4.78, 5) is 14.1. The van der Waals surface area contributed by atoms with E-state index >= 15 is 0 Å². The predicted molar refractivity (Wildman–Crippen MR) is 91.2 cm³/mol. The number of rotatable bonds is 7. The van der Waals surface area contributed by atoms with Crippen molar-refractivity contribution in [3.05, 3.63) is 0 Å². The first-order valence-corrected chi connectivity index (χ1v) is 8.60. The second-order valence-corrected chi connectivity index (χ2v) is 7.74. The highest BCUT2D eigenvalue weighted by Gasteiger charge is 2.27. The summed E-state index contributed by atoms with van der Waals surface area (Å²) in [5.41, 5.74) is -0.428. The maximum atomic E-state index is 11.8. The van der Waals surface area contributed by atoms with Crippen molar-refractivity contribution in [2.24, 2.45) is 0 Å². The van der Waals surface area contributed by atoms with Crippen LogP contribution in [0.5, 0.6) is 0 Å². The lowest BCUT2D eigenvalue weighted by molar-refractivity contribution is 0.0505. The smallest absolute Gasteiger partial charge is 0.407 e. The monoisotopic (exact) mass is 313 g/mol. The van der Waals surface area contributed by atoms with E-state index in [4.69, 9.17) is 4.74 Å². The van der Waals surface area contributed by atoms with Gasteiger partial charge in [-0.3, -0.25) is 0 Å². The van der Waals surface area contributed by atoms with Crippen LogP contribution in [0.15, 0.2) is 0 Å². The number of nitrogens with zero attached hydrogens (tertiary/aromatic N) is 1. The second kappa shape index (κ2) is 8.73. The van der Waals surface area contributed by atoms with Gasteiger partial charge in [0.1, 0.15) is 5.60 Å². The number of amides is 1. The third kappa shape index (κ3) is 7.99. The minimum Gasteiger partial charge on any atom is -0.444 e. The van der Waals surface area contributed by atoms with E-state index in [1.807, 2.05) is 20.8 Å². The summed E-state index contributed by atoms with van der Waals surface area (Å²) >= 11 is 0. The van der Waals surface area contributed by atoms with Gasteiger partial charge in [-0.25, -0.2) is 4.79 Å². The number of hydrogen-bond donors (Lipinski definition) is 2. The van der Waals surface area contributed by atoms with E-state index in [0.29, 0.717) is 12.1 Å². The number of carbonyl (C=O) groups is 1. The van der Waals surface area contributed by atoms with E-state index in [1.54, 1.807) is 0 Å². The fraction of sp³-hybridized carbons (Fsp3) is 0.941. The largest absolute Gasteiger partial charge is 0.444 e. The summed E-state index contributed by atoms with van der Waals surface area (Å²) in [5.74, 6) is 0. The lowest BCUT2D eigenvalue weighted by Gasteiger charge is -2.22. The van der Waals surface area contributed by atoms with Crippen molar-refractivity contribution in [1.82, 2.24) is 15.5 Å². The molecule has 0 radical (unpaired) electrons. The Balaban J connectivity index is 2.14. The van der Waals surface area contributed by atoms with E-state index in [0.717, 1.165) is 38.8 Å². The summed E-state index contributed by atoms with van der Waals surface area (Å²) < 4.78 is 5.31. The summed E-state index contributed by atoms with van der Waals surface area (Å²) in [7, 11) is 2.17. The molecule has 0 aromatic carbocycles. The molecule has 2 atom stereocenters. The van der Waals surface area contributed by atoms with Gasteiger partial charge in [-0.2, -0.15) is 0 Å². The molecule has 2 unspecified atom stereocenters. The minimum absolute atomic E-state index is 0.241. The zero-order valence-corrected chi connectivity index (χ0v) is 15.2. The normalized spacial score (nSPS) is 22.4. The third-order valence-corrected chi connectivity index (χ3v) is 4.16. The molecule has 2 N–H and O–H groups in total. The topological polar surface area (TPSA) is 53.6 Å². The van der Waals surface area contributed by atoms with Crippen LogP contribution < -0.4 is 10.6 Å². The molecule has 130 valence electrons. The molecule has 0 aromatic rings. The molecular formula is C17H35N3O2. The van der Waals surface area contributed by atoms with Gasteiger partial charge in [0.05, 0.1) is 0 Å². The number of nitrogens with one attached hydrogen (secondary N) is 2. The Labute approximate surface area is 136 Å². The molecule has 5 nitrogen and oxygen atoms in total. The highest BCUT2D eigenvalue weighted by Crippen LogP contribution is 2.19. The lowest BCUT2D eigenvalue weighted by Crippen LogP contribution is -2.39. The molecule has 0 bridgehead atoms. The fourth-order valence-electron chi connectivity index (χ4n) is 2.67. The molecule has 1 amide bonds. The maximum Gasteiger partial charge on any atom is 0.407 e. The maximum absolute atomic E-state index is 11.8. The molecule has 1 aliphatic carbocycles. The zero-order chi connectivity index (χ0) is 16.8. The lowest BCUT2D eigenvalue weighted by atomic mass is 10.2. The average molecular weight is 313 g/mol. The fourth-order valence-corrected chi connectivity index (χ4v) is 2.67.